The molecular formula is C11H23NO. The van der Waals surface area contributed by atoms with Crippen LogP contribution in [0.3, 0.4) is 0 Å². The van der Waals surface area contributed by atoms with Crippen molar-refractivity contribution in [2.24, 2.45) is 5.92 Å². The molecule has 2 bridgehead atoms. The van der Waals surface area contributed by atoms with Crippen molar-refractivity contribution < 1.29 is 4.74 Å². The second-order valence-corrected chi connectivity index (χ2v) is 4.88. The summed E-state index contributed by atoms with van der Waals surface area (Å²) in [5.41, 5.74) is 0.352. The van der Waals surface area contributed by atoms with Gasteiger partial charge in [-0.3, -0.25) is 0 Å². The van der Waals surface area contributed by atoms with Crippen molar-refractivity contribution in [1.29, 1.82) is 0 Å². The molecule has 0 heterocycles. The van der Waals surface area contributed by atoms with Crippen LogP contribution in [0.15, 0.2) is 0 Å². The van der Waals surface area contributed by atoms with Gasteiger partial charge in [-0.1, -0.05) is 0 Å². The predicted octanol–water partition coefficient (Wildman–Crippen LogP) is 2.14. The van der Waals surface area contributed by atoms with Gasteiger partial charge in [0.15, 0.2) is 0 Å². The second-order valence-electron chi connectivity index (χ2n) is 4.88. The van der Waals surface area contributed by atoms with Crippen molar-refractivity contribution in [1.82, 2.24) is 4.90 Å². The zero-order valence-corrected chi connectivity index (χ0v) is 9.47. The van der Waals surface area contributed by atoms with Crippen LogP contribution in [0, 0.1) is 5.92 Å². The highest BCUT2D eigenvalue weighted by Crippen LogP contribution is 2.49. The maximum Gasteiger partial charge on any atom is 0.0681 e. The molecule has 2 rings (SSSR count). The lowest BCUT2D eigenvalue weighted by Gasteiger charge is -2.23. The van der Waals surface area contributed by atoms with Gasteiger partial charge in [0.05, 0.1) is 5.60 Å². The third-order valence-corrected chi connectivity index (χ3v) is 3.11. The maximum atomic E-state index is 5.49. The van der Waals surface area contributed by atoms with Gasteiger partial charge < -0.3 is 9.64 Å². The van der Waals surface area contributed by atoms with Crippen molar-refractivity contribution in [3.05, 3.63) is 0 Å². The van der Waals surface area contributed by atoms with E-state index in [0.29, 0.717) is 5.60 Å². The van der Waals surface area contributed by atoms with E-state index >= 15 is 0 Å². The molecule has 0 aliphatic heterocycles. The quantitative estimate of drug-likeness (QED) is 0.620. The van der Waals surface area contributed by atoms with E-state index in [-0.39, 0.29) is 0 Å². The molecule has 2 nitrogen and oxygen atoms in total. The van der Waals surface area contributed by atoms with Crippen LogP contribution in [0.25, 0.3) is 0 Å². The van der Waals surface area contributed by atoms with Gasteiger partial charge in [-0.15, -0.1) is 0 Å². The average molecular weight is 185 g/mol. The van der Waals surface area contributed by atoms with Crippen LogP contribution in [0.2, 0.25) is 0 Å². The number of hydrogen-bond acceptors (Lipinski definition) is 2. The van der Waals surface area contributed by atoms with Gasteiger partial charge in [-0.2, -0.15) is 0 Å². The largest absolute Gasteiger partial charge is 0.378 e. The van der Waals surface area contributed by atoms with Gasteiger partial charge >= 0.3 is 0 Å². The molecule has 0 aromatic carbocycles. The summed E-state index contributed by atoms with van der Waals surface area (Å²) >= 11 is 0. The normalized spacial score (nSPS) is 36.2. The Kier molecular flexibility index (Phi) is 3.74. The molecule has 0 unspecified atom stereocenters. The Morgan fingerprint density at radius 2 is 1.62 bits per heavy atom. The highest BCUT2D eigenvalue weighted by Gasteiger charge is 2.44. The molecule has 2 fully saturated rings. The van der Waals surface area contributed by atoms with Gasteiger partial charge in [0, 0.05) is 7.11 Å². The molecule has 2 aliphatic rings. The zero-order chi connectivity index (χ0) is 9.90. The summed E-state index contributed by atoms with van der Waals surface area (Å²) in [5.74, 6) is 1.02. The van der Waals surface area contributed by atoms with E-state index in [2.05, 4.69) is 0 Å². The Hall–Kier alpha value is -0.0800. The lowest BCUT2D eigenvalue weighted by Crippen LogP contribution is -2.24. The van der Waals surface area contributed by atoms with Crippen LogP contribution in [0.5, 0.6) is 0 Å². The number of methoxy groups -OCH3 is 1. The first kappa shape index (κ1) is 11.0. The van der Waals surface area contributed by atoms with Gasteiger partial charge in [-0.05, 0) is 59.2 Å². The van der Waals surface area contributed by atoms with Crippen LogP contribution >= 0.6 is 0 Å². The van der Waals surface area contributed by atoms with E-state index in [9.17, 15) is 0 Å². The lowest BCUT2D eigenvalue weighted by atomic mass is 9.97. The molecule has 78 valence electrons. The molecule has 2 saturated carbocycles. The number of rotatable bonds is 1. The van der Waals surface area contributed by atoms with Crippen molar-refractivity contribution in [2.45, 2.75) is 37.7 Å². The van der Waals surface area contributed by atoms with Gasteiger partial charge in [0.2, 0.25) is 0 Å². The number of hydrogen-bond donors (Lipinski definition) is 0. The van der Waals surface area contributed by atoms with Crippen molar-refractivity contribution >= 4 is 0 Å². The predicted molar refractivity (Wildman–Crippen MR) is 55.9 cm³/mol. The van der Waals surface area contributed by atoms with Crippen molar-refractivity contribution in [3.8, 4) is 0 Å². The molecule has 0 atom stereocenters. The SMILES string of the molecule is CN(C)C.COC12CCC(CC1)C2. The Morgan fingerprint density at radius 3 is 1.77 bits per heavy atom. The minimum atomic E-state index is 0.352. The smallest absolute Gasteiger partial charge is 0.0681 e. The summed E-state index contributed by atoms with van der Waals surface area (Å²) in [7, 11) is 7.87. The fourth-order valence-corrected chi connectivity index (χ4v) is 2.43. The molecule has 0 aromatic rings. The first-order valence-corrected chi connectivity index (χ1v) is 5.24. The molecule has 0 N–H and O–H groups in total. The first-order valence-electron chi connectivity index (χ1n) is 5.24. The summed E-state index contributed by atoms with van der Waals surface area (Å²) < 4.78 is 5.49. The number of nitrogens with zero attached hydrogens (tertiary/aromatic N) is 1. The lowest BCUT2D eigenvalue weighted by molar-refractivity contribution is -0.000287. The van der Waals surface area contributed by atoms with E-state index < -0.39 is 0 Å². The van der Waals surface area contributed by atoms with Crippen LogP contribution in [-0.4, -0.2) is 38.8 Å². The standard InChI is InChI=1S/C8H14O.C3H9N/c1-9-8-4-2-7(6-8)3-5-8;1-4(2)3/h7H,2-6H2,1H3;1-3H3. The molecule has 13 heavy (non-hydrogen) atoms. The first-order chi connectivity index (χ1) is 6.08. The van der Waals surface area contributed by atoms with Crippen molar-refractivity contribution in [2.75, 3.05) is 28.3 Å². The van der Waals surface area contributed by atoms with Crippen molar-refractivity contribution in [3.63, 3.8) is 0 Å². The summed E-state index contributed by atoms with van der Waals surface area (Å²) in [4.78, 5) is 2.00. The molecule has 0 saturated heterocycles. The molecule has 0 radical (unpaired) electrons. The van der Waals surface area contributed by atoms with E-state index in [1.165, 1.54) is 32.1 Å². The minimum absolute atomic E-state index is 0.352. The Balaban J connectivity index is 0.000000184. The highest BCUT2D eigenvalue weighted by atomic mass is 16.5. The van der Waals surface area contributed by atoms with Crippen LogP contribution in [-0.2, 0) is 4.74 Å². The third kappa shape index (κ3) is 2.96. The third-order valence-electron chi connectivity index (χ3n) is 3.11. The van der Waals surface area contributed by atoms with Crippen LogP contribution in [0.4, 0.5) is 0 Å². The van der Waals surface area contributed by atoms with E-state index in [4.69, 9.17) is 4.74 Å². The zero-order valence-electron chi connectivity index (χ0n) is 9.47. The fraction of sp³-hybridized carbons (Fsp3) is 1.00. The van der Waals surface area contributed by atoms with E-state index in [0.717, 1.165) is 5.92 Å². The number of fused-ring (bicyclic) bond motifs is 2. The van der Waals surface area contributed by atoms with Gasteiger partial charge in [-0.25, -0.2) is 0 Å². The average Bonchev–Trinajstić information content (AvgIpc) is 2.62. The monoisotopic (exact) mass is 185 g/mol. The van der Waals surface area contributed by atoms with Crippen LogP contribution < -0.4 is 0 Å². The molecule has 2 heteroatoms. The van der Waals surface area contributed by atoms with E-state index in [1.807, 2.05) is 33.2 Å². The summed E-state index contributed by atoms with van der Waals surface area (Å²) in [5, 5.41) is 0. The molecule has 0 spiro atoms. The van der Waals surface area contributed by atoms with Crippen LogP contribution in [0.1, 0.15) is 32.1 Å². The van der Waals surface area contributed by atoms with E-state index in [1.54, 1.807) is 0 Å². The maximum absolute atomic E-state index is 5.49. The summed E-state index contributed by atoms with van der Waals surface area (Å²) in [6.07, 6.45) is 6.85. The Bertz CT molecular complexity index is 145. The summed E-state index contributed by atoms with van der Waals surface area (Å²) in [6.45, 7) is 0. The second kappa shape index (κ2) is 4.43. The minimum Gasteiger partial charge on any atom is -0.378 e. The molecule has 2 aliphatic carbocycles. The topological polar surface area (TPSA) is 12.5 Å². The highest BCUT2D eigenvalue weighted by molar-refractivity contribution is 4.97. The number of ether oxygens (including phenoxy) is 1. The van der Waals surface area contributed by atoms with Gasteiger partial charge in [0.1, 0.15) is 0 Å². The molecule has 0 amide bonds. The molecule has 0 aromatic heterocycles. The Morgan fingerprint density at radius 1 is 1.15 bits per heavy atom. The Labute approximate surface area is 82.3 Å². The summed E-state index contributed by atoms with van der Waals surface area (Å²) in [6, 6.07) is 0. The fourth-order valence-electron chi connectivity index (χ4n) is 2.43. The molecular weight excluding hydrogens is 162 g/mol. The van der Waals surface area contributed by atoms with Gasteiger partial charge in [0.25, 0.3) is 0 Å².